The standard InChI is InChI=1S/C20H21N2O3.BrH/c1-23-17-7-3-15(4-8-17)19-13-22(20-14-25-12-11-21(19)20)16-5-9-18(24-2)10-6-16;/h3-10,13H,11-12,14H2,1-2H3;1H/q+1;/p-1. The Morgan fingerprint density at radius 2 is 1.54 bits per heavy atom. The van der Waals surface area contributed by atoms with Gasteiger partial charge in [-0.05, 0) is 48.5 Å². The Bertz CT molecular complexity index is 801. The van der Waals surface area contributed by atoms with Crippen LogP contribution < -0.4 is 31.0 Å². The molecule has 3 aromatic rings. The quantitative estimate of drug-likeness (QED) is 0.561. The summed E-state index contributed by atoms with van der Waals surface area (Å²) in [6.07, 6.45) is 2.17. The van der Waals surface area contributed by atoms with E-state index in [1.54, 1.807) is 14.2 Å². The summed E-state index contributed by atoms with van der Waals surface area (Å²) in [4.78, 5) is 0. The first-order chi connectivity index (χ1) is 12.3. The van der Waals surface area contributed by atoms with Gasteiger partial charge in [0, 0.05) is 5.56 Å². The van der Waals surface area contributed by atoms with Gasteiger partial charge in [0.25, 0.3) is 5.82 Å². The number of imidazole rings is 1. The molecule has 6 heteroatoms. The molecule has 2 aromatic carbocycles. The second-order valence-electron chi connectivity index (χ2n) is 5.93. The highest BCUT2D eigenvalue weighted by Crippen LogP contribution is 2.25. The Labute approximate surface area is 163 Å². The average molecular weight is 417 g/mol. The summed E-state index contributed by atoms with van der Waals surface area (Å²) in [6, 6.07) is 16.2. The second kappa shape index (κ2) is 7.93. The van der Waals surface area contributed by atoms with E-state index < -0.39 is 0 Å². The Kier molecular flexibility index (Phi) is 5.64. The molecule has 0 atom stereocenters. The fourth-order valence-electron chi connectivity index (χ4n) is 3.21. The van der Waals surface area contributed by atoms with E-state index in [4.69, 9.17) is 14.2 Å². The zero-order valence-corrected chi connectivity index (χ0v) is 16.4. The van der Waals surface area contributed by atoms with Gasteiger partial charge in [0.1, 0.15) is 36.5 Å². The number of ether oxygens (including phenoxy) is 3. The summed E-state index contributed by atoms with van der Waals surface area (Å²) in [7, 11) is 3.36. The van der Waals surface area contributed by atoms with E-state index in [2.05, 4.69) is 39.6 Å². The van der Waals surface area contributed by atoms with Gasteiger partial charge in [0.15, 0.2) is 5.69 Å². The molecule has 5 nitrogen and oxygen atoms in total. The van der Waals surface area contributed by atoms with Crippen molar-refractivity contribution in [1.82, 2.24) is 4.57 Å². The monoisotopic (exact) mass is 416 g/mol. The fourth-order valence-corrected chi connectivity index (χ4v) is 3.21. The molecule has 26 heavy (non-hydrogen) atoms. The Balaban J connectivity index is 0.00000196. The van der Waals surface area contributed by atoms with Crippen LogP contribution in [0.2, 0.25) is 0 Å². The molecule has 1 aliphatic rings. The Hall–Kier alpha value is -2.31. The molecule has 2 heterocycles. The maximum absolute atomic E-state index is 5.70. The van der Waals surface area contributed by atoms with E-state index in [0.717, 1.165) is 41.7 Å². The van der Waals surface area contributed by atoms with E-state index >= 15 is 0 Å². The van der Waals surface area contributed by atoms with E-state index in [1.807, 2.05) is 24.3 Å². The molecule has 0 saturated carbocycles. The summed E-state index contributed by atoms with van der Waals surface area (Å²) in [5, 5.41) is 0. The first kappa shape index (κ1) is 18.5. The summed E-state index contributed by atoms with van der Waals surface area (Å²) in [5.41, 5.74) is 3.43. The van der Waals surface area contributed by atoms with E-state index in [9.17, 15) is 0 Å². The normalized spacial score (nSPS) is 12.8. The van der Waals surface area contributed by atoms with E-state index in [-0.39, 0.29) is 17.0 Å². The van der Waals surface area contributed by atoms with Crippen molar-refractivity contribution < 1.29 is 35.8 Å². The van der Waals surface area contributed by atoms with Crippen molar-refractivity contribution in [3.8, 4) is 28.4 Å². The molecule has 0 radical (unpaired) electrons. The molecule has 4 rings (SSSR count). The maximum Gasteiger partial charge on any atom is 0.288 e. The number of rotatable bonds is 4. The molecule has 0 unspecified atom stereocenters. The molecular weight excluding hydrogens is 396 g/mol. The van der Waals surface area contributed by atoms with Crippen molar-refractivity contribution in [2.24, 2.45) is 0 Å². The number of halogens is 1. The number of hydrogen-bond donors (Lipinski definition) is 0. The lowest BCUT2D eigenvalue weighted by Crippen LogP contribution is -3.00. The summed E-state index contributed by atoms with van der Waals surface area (Å²) in [5.74, 6) is 2.85. The van der Waals surface area contributed by atoms with Gasteiger partial charge in [-0.2, -0.15) is 4.57 Å². The third-order valence-corrected chi connectivity index (χ3v) is 4.56. The third-order valence-electron chi connectivity index (χ3n) is 4.56. The van der Waals surface area contributed by atoms with Crippen LogP contribution in [0.15, 0.2) is 54.7 Å². The lowest BCUT2D eigenvalue weighted by Gasteiger charge is -2.12. The van der Waals surface area contributed by atoms with Gasteiger partial charge in [-0.3, -0.25) is 0 Å². The molecule has 0 bridgehead atoms. The lowest BCUT2D eigenvalue weighted by molar-refractivity contribution is -0.706. The molecule has 1 aromatic heterocycles. The predicted molar refractivity (Wildman–Crippen MR) is 94.2 cm³/mol. The van der Waals surface area contributed by atoms with Crippen molar-refractivity contribution in [2.75, 3.05) is 20.8 Å². The number of hydrogen-bond acceptors (Lipinski definition) is 3. The largest absolute Gasteiger partial charge is 1.00 e. The molecular formula is C20H21BrN2O3. The first-order valence-electron chi connectivity index (χ1n) is 8.31. The summed E-state index contributed by atoms with van der Waals surface area (Å²) < 4.78 is 20.8. The average Bonchev–Trinajstić information content (AvgIpc) is 3.08. The van der Waals surface area contributed by atoms with E-state index in [0.29, 0.717) is 6.61 Å². The van der Waals surface area contributed by atoms with E-state index in [1.165, 1.54) is 5.69 Å². The van der Waals surface area contributed by atoms with Gasteiger partial charge < -0.3 is 31.2 Å². The Morgan fingerprint density at radius 3 is 2.15 bits per heavy atom. The van der Waals surface area contributed by atoms with Crippen molar-refractivity contribution >= 4 is 0 Å². The zero-order chi connectivity index (χ0) is 17.2. The van der Waals surface area contributed by atoms with Crippen molar-refractivity contribution in [1.29, 1.82) is 0 Å². The van der Waals surface area contributed by atoms with Crippen molar-refractivity contribution in [2.45, 2.75) is 13.2 Å². The van der Waals surface area contributed by atoms with Crippen LogP contribution in [0.3, 0.4) is 0 Å². The minimum atomic E-state index is 0. The molecule has 0 N–H and O–H groups in total. The maximum atomic E-state index is 5.70. The molecule has 0 spiro atoms. The van der Waals surface area contributed by atoms with Crippen LogP contribution in [0.4, 0.5) is 0 Å². The number of methoxy groups -OCH3 is 2. The smallest absolute Gasteiger partial charge is 0.288 e. The topological polar surface area (TPSA) is 36.5 Å². The van der Waals surface area contributed by atoms with Crippen LogP contribution in [-0.2, 0) is 17.9 Å². The van der Waals surface area contributed by atoms with Crippen LogP contribution in [-0.4, -0.2) is 25.4 Å². The van der Waals surface area contributed by atoms with Gasteiger partial charge in [0.2, 0.25) is 0 Å². The highest BCUT2D eigenvalue weighted by atomic mass is 79.9. The second-order valence-corrected chi connectivity index (χ2v) is 5.93. The Morgan fingerprint density at radius 1 is 0.923 bits per heavy atom. The van der Waals surface area contributed by atoms with Crippen LogP contribution in [0.5, 0.6) is 11.5 Å². The zero-order valence-electron chi connectivity index (χ0n) is 14.8. The highest BCUT2D eigenvalue weighted by Gasteiger charge is 2.28. The molecule has 136 valence electrons. The molecule has 1 aliphatic heterocycles. The summed E-state index contributed by atoms with van der Waals surface area (Å²) in [6.45, 7) is 2.18. The summed E-state index contributed by atoms with van der Waals surface area (Å²) >= 11 is 0. The number of nitrogens with zero attached hydrogens (tertiary/aromatic N) is 2. The minimum Gasteiger partial charge on any atom is -1.00 e. The van der Waals surface area contributed by atoms with Gasteiger partial charge >= 0.3 is 0 Å². The molecule has 0 aliphatic carbocycles. The number of aromatic nitrogens is 2. The number of benzene rings is 2. The van der Waals surface area contributed by atoms with Crippen molar-refractivity contribution in [3.63, 3.8) is 0 Å². The van der Waals surface area contributed by atoms with Crippen LogP contribution >= 0.6 is 0 Å². The third kappa shape index (κ3) is 3.34. The van der Waals surface area contributed by atoms with Crippen LogP contribution in [0, 0.1) is 0 Å². The van der Waals surface area contributed by atoms with Gasteiger partial charge in [-0.15, -0.1) is 0 Å². The lowest BCUT2D eigenvalue weighted by atomic mass is 10.1. The molecule has 0 saturated heterocycles. The SMILES string of the molecule is COc1ccc(-c2cn(-c3ccc(OC)cc3)c3[n+]2CCOC3)cc1.[Br-]. The van der Waals surface area contributed by atoms with Crippen LogP contribution in [0.25, 0.3) is 16.9 Å². The van der Waals surface area contributed by atoms with Gasteiger partial charge in [0.05, 0.1) is 20.8 Å². The highest BCUT2D eigenvalue weighted by molar-refractivity contribution is 5.58. The van der Waals surface area contributed by atoms with Crippen LogP contribution in [0.1, 0.15) is 5.82 Å². The fraction of sp³-hybridized carbons (Fsp3) is 0.250. The van der Waals surface area contributed by atoms with Gasteiger partial charge in [-0.1, -0.05) is 0 Å². The van der Waals surface area contributed by atoms with Crippen molar-refractivity contribution in [3.05, 3.63) is 60.6 Å². The molecule has 0 fully saturated rings. The number of fused-ring (bicyclic) bond motifs is 1. The molecule has 0 amide bonds. The minimum absolute atomic E-state index is 0. The first-order valence-corrected chi connectivity index (χ1v) is 8.31. The van der Waals surface area contributed by atoms with Gasteiger partial charge in [-0.25, -0.2) is 4.57 Å². The predicted octanol–water partition coefficient (Wildman–Crippen LogP) is -0.0168.